The molecule has 1 heterocycles. The molecular formula is C15H21N3O3. The van der Waals surface area contributed by atoms with Gasteiger partial charge in [0.2, 0.25) is 5.89 Å². The molecule has 2 aromatic rings. The van der Waals surface area contributed by atoms with Gasteiger partial charge in [-0.2, -0.15) is 0 Å². The van der Waals surface area contributed by atoms with E-state index in [0.717, 1.165) is 5.56 Å². The fraction of sp³-hybridized carbons (Fsp3) is 0.467. The fourth-order valence-electron chi connectivity index (χ4n) is 1.75. The Bertz CT molecular complexity index is 602. The van der Waals surface area contributed by atoms with Crippen LogP contribution in [0.5, 0.6) is 11.5 Å². The smallest absolute Gasteiger partial charge is 0.251 e. The largest absolute Gasteiger partial charge is 0.497 e. The lowest BCUT2D eigenvalue weighted by molar-refractivity contribution is 0.381. The van der Waals surface area contributed by atoms with Crippen LogP contribution in [0.25, 0.3) is 11.5 Å². The summed E-state index contributed by atoms with van der Waals surface area (Å²) in [7, 11) is 3.20. The minimum Gasteiger partial charge on any atom is -0.497 e. The molecule has 0 bridgehead atoms. The number of ether oxygens (including phenoxy) is 2. The summed E-state index contributed by atoms with van der Waals surface area (Å²) in [4.78, 5) is 0. The number of nitrogens with zero attached hydrogens (tertiary/aromatic N) is 2. The molecule has 0 radical (unpaired) electrons. The molecule has 0 spiro atoms. The molecule has 0 saturated heterocycles. The van der Waals surface area contributed by atoms with Crippen molar-refractivity contribution < 1.29 is 13.9 Å². The third kappa shape index (κ3) is 3.95. The Kier molecular flexibility index (Phi) is 4.47. The average Bonchev–Trinajstić information content (AvgIpc) is 2.92. The lowest BCUT2D eigenvalue weighted by Crippen LogP contribution is -2.35. The highest BCUT2D eigenvalue weighted by molar-refractivity contribution is 5.64. The third-order valence-electron chi connectivity index (χ3n) is 2.88. The number of nitrogens with one attached hydrogen (secondary N) is 1. The fourth-order valence-corrected chi connectivity index (χ4v) is 1.75. The standard InChI is InChI=1S/C15H21N3O3/c1-15(2,3)16-9-13-17-18-14(21-13)11-7-6-10(19-4)8-12(11)20-5/h6-8,16H,9H2,1-5H3. The predicted octanol–water partition coefficient (Wildman–Crippen LogP) is 2.64. The van der Waals surface area contributed by atoms with Crippen molar-refractivity contribution in [1.82, 2.24) is 15.5 Å². The van der Waals surface area contributed by atoms with Crippen molar-refractivity contribution in [2.75, 3.05) is 14.2 Å². The first kappa shape index (κ1) is 15.3. The Hall–Kier alpha value is -2.08. The molecule has 1 N–H and O–H groups in total. The molecule has 6 nitrogen and oxygen atoms in total. The molecule has 1 aromatic carbocycles. The summed E-state index contributed by atoms with van der Waals surface area (Å²) in [5.41, 5.74) is 0.736. The molecule has 0 amide bonds. The summed E-state index contributed by atoms with van der Waals surface area (Å²) in [5.74, 6) is 2.32. The SMILES string of the molecule is COc1ccc(-c2nnc(CNC(C)(C)C)o2)c(OC)c1. The maximum absolute atomic E-state index is 5.68. The Morgan fingerprint density at radius 2 is 1.90 bits per heavy atom. The van der Waals surface area contributed by atoms with E-state index in [9.17, 15) is 0 Å². The zero-order chi connectivity index (χ0) is 15.5. The van der Waals surface area contributed by atoms with Crippen molar-refractivity contribution >= 4 is 0 Å². The van der Waals surface area contributed by atoms with Gasteiger partial charge in [0.15, 0.2) is 0 Å². The summed E-state index contributed by atoms with van der Waals surface area (Å²) < 4.78 is 16.2. The van der Waals surface area contributed by atoms with Crippen molar-refractivity contribution in [3.05, 3.63) is 24.1 Å². The Morgan fingerprint density at radius 1 is 1.14 bits per heavy atom. The van der Waals surface area contributed by atoms with Gasteiger partial charge in [-0.3, -0.25) is 0 Å². The molecule has 0 atom stereocenters. The second kappa shape index (κ2) is 6.13. The molecule has 0 aliphatic carbocycles. The van der Waals surface area contributed by atoms with Crippen molar-refractivity contribution in [2.24, 2.45) is 0 Å². The maximum Gasteiger partial charge on any atom is 0.251 e. The van der Waals surface area contributed by atoms with Crippen molar-refractivity contribution in [3.63, 3.8) is 0 Å². The molecule has 2 rings (SSSR count). The molecule has 0 aliphatic rings. The second-order valence-electron chi connectivity index (χ2n) is 5.67. The van der Waals surface area contributed by atoms with Gasteiger partial charge in [0, 0.05) is 11.6 Å². The second-order valence-corrected chi connectivity index (χ2v) is 5.67. The van der Waals surface area contributed by atoms with E-state index in [-0.39, 0.29) is 5.54 Å². The van der Waals surface area contributed by atoms with Crippen LogP contribution in [-0.2, 0) is 6.54 Å². The van der Waals surface area contributed by atoms with Crippen LogP contribution in [0.2, 0.25) is 0 Å². The van der Waals surface area contributed by atoms with Crippen LogP contribution in [0, 0.1) is 0 Å². The number of aromatic nitrogens is 2. The monoisotopic (exact) mass is 291 g/mol. The van der Waals surface area contributed by atoms with Gasteiger partial charge in [-0.1, -0.05) is 0 Å². The van der Waals surface area contributed by atoms with Gasteiger partial charge in [-0.15, -0.1) is 10.2 Å². The number of hydrogen-bond donors (Lipinski definition) is 1. The normalized spacial score (nSPS) is 11.5. The summed E-state index contributed by atoms with van der Waals surface area (Å²) in [6.07, 6.45) is 0. The number of hydrogen-bond acceptors (Lipinski definition) is 6. The number of rotatable bonds is 5. The Labute approximate surface area is 124 Å². The van der Waals surface area contributed by atoms with Gasteiger partial charge in [0.25, 0.3) is 5.89 Å². The van der Waals surface area contributed by atoms with E-state index < -0.39 is 0 Å². The van der Waals surface area contributed by atoms with E-state index in [0.29, 0.717) is 29.8 Å². The first-order valence-electron chi connectivity index (χ1n) is 6.73. The minimum atomic E-state index is -0.00750. The molecule has 0 fully saturated rings. The van der Waals surface area contributed by atoms with Gasteiger partial charge in [0.05, 0.1) is 26.3 Å². The van der Waals surface area contributed by atoms with Gasteiger partial charge in [-0.25, -0.2) is 0 Å². The molecule has 1 aromatic heterocycles. The predicted molar refractivity (Wildman–Crippen MR) is 79.4 cm³/mol. The highest BCUT2D eigenvalue weighted by Gasteiger charge is 2.16. The highest BCUT2D eigenvalue weighted by Crippen LogP contribution is 2.32. The lowest BCUT2D eigenvalue weighted by atomic mass is 10.1. The Balaban J connectivity index is 2.21. The zero-order valence-corrected chi connectivity index (χ0v) is 13.1. The molecule has 114 valence electrons. The third-order valence-corrected chi connectivity index (χ3v) is 2.88. The van der Waals surface area contributed by atoms with Gasteiger partial charge >= 0.3 is 0 Å². The Morgan fingerprint density at radius 3 is 2.52 bits per heavy atom. The molecular weight excluding hydrogens is 270 g/mol. The van der Waals surface area contributed by atoms with Crippen LogP contribution in [0.4, 0.5) is 0 Å². The van der Waals surface area contributed by atoms with Gasteiger partial charge in [0.1, 0.15) is 11.5 Å². The highest BCUT2D eigenvalue weighted by atomic mass is 16.5. The number of benzene rings is 1. The summed E-state index contributed by atoms with van der Waals surface area (Å²) >= 11 is 0. The summed E-state index contributed by atoms with van der Waals surface area (Å²) in [6.45, 7) is 6.76. The van der Waals surface area contributed by atoms with Crippen LogP contribution < -0.4 is 14.8 Å². The van der Waals surface area contributed by atoms with Crippen LogP contribution in [-0.4, -0.2) is 30.0 Å². The van der Waals surface area contributed by atoms with Crippen LogP contribution >= 0.6 is 0 Å². The van der Waals surface area contributed by atoms with Gasteiger partial charge < -0.3 is 19.2 Å². The van der Waals surface area contributed by atoms with E-state index in [4.69, 9.17) is 13.9 Å². The van der Waals surface area contributed by atoms with E-state index in [1.54, 1.807) is 20.3 Å². The molecule has 0 aliphatic heterocycles. The van der Waals surface area contributed by atoms with Crippen LogP contribution in [0.1, 0.15) is 26.7 Å². The van der Waals surface area contributed by atoms with E-state index in [1.165, 1.54) is 0 Å². The number of methoxy groups -OCH3 is 2. The van der Waals surface area contributed by atoms with Crippen molar-refractivity contribution in [2.45, 2.75) is 32.9 Å². The zero-order valence-electron chi connectivity index (χ0n) is 13.1. The summed E-state index contributed by atoms with van der Waals surface area (Å²) in [6, 6.07) is 5.45. The van der Waals surface area contributed by atoms with Crippen LogP contribution in [0.3, 0.4) is 0 Å². The molecule has 0 saturated carbocycles. The van der Waals surface area contributed by atoms with Gasteiger partial charge in [-0.05, 0) is 32.9 Å². The molecule has 6 heteroatoms. The lowest BCUT2D eigenvalue weighted by Gasteiger charge is -2.18. The molecule has 21 heavy (non-hydrogen) atoms. The molecule has 0 unspecified atom stereocenters. The van der Waals surface area contributed by atoms with E-state index in [1.807, 2.05) is 12.1 Å². The van der Waals surface area contributed by atoms with Crippen molar-refractivity contribution in [3.8, 4) is 23.0 Å². The topological polar surface area (TPSA) is 69.4 Å². The van der Waals surface area contributed by atoms with E-state index >= 15 is 0 Å². The first-order chi connectivity index (χ1) is 9.93. The van der Waals surface area contributed by atoms with Crippen molar-refractivity contribution in [1.29, 1.82) is 0 Å². The summed E-state index contributed by atoms with van der Waals surface area (Å²) in [5, 5.41) is 11.4. The maximum atomic E-state index is 5.68. The first-order valence-corrected chi connectivity index (χ1v) is 6.73. The van der Waals surface area contributed by atoms with Crippen LogP contribution in [0.15, 0.2) is 22.6 Å². The minimum absolute atomic E-state index is 0.00750. The average molecular weight is 291 g/mol. The quantitative estimate of drug-likeness (QED) is 0.913. The van der Waals surface area contributed by atoms with E-state index in [2.05, 4.69) is 36.3 Å².